The summed E-state index contributed by atoms with van der Waals surface area (Å²) in [5.41, 5.74) is 0. The molecule has 1 unspecified atom stereocenters. The average Bonchev–Trinajstić information content (AvgIpc) is 2.36. The Morgan fingerprint density at radius 2 is 1.89 bits per heavy atom. The molecule has 5 nitrogen and oxygen atoms in total. The van der Waals surface area contributed by atoms with E-state index in [0.29, 0.717) is 5.92 Å². The van der Waals surface area contributed by atoms with Gasteiger partial charge in [-0.3, -0.25) is 9.59 Å². The van der Waals surface area contributed by atoms with Gasteiger partial charge in [0.15, 0.2) is 0 Å². The average molecular weight is 256 g/mol. The molecular formula is C13H24N2O3. The van der Waals surface area contributed by atoms with Crippen molar-refractivity contribution >= 4 is 11.9 Å². The first-order valence-electron chi connectivity index (χ1n) is 6.78. The SMILES string of the molecule is CCNCC1CCC(C(=O)NC(C)C(=O)O)CC1. The molecule has 0 aromatic heterocycles. The van der Waals surface area contributed by atoms with Crippen LogP contribution in [0, 0.1) is 11.8 Å². The van der Waals surface area contributed by atoms with E-state index in [-0.39, 0.29) is 11.8 Å². The molecule has 1 aliphatic rings. The molecule has 5 heteroatoms. The Balaban J connectivity index is 2.29. The molecule has 3 N–H and O–H groups in total. The van der Waals surface area contributed by atoms with Gasteiger partial charge in [0.2, 0.25) is 5.91 Å². The topological polar surface area (TPSA) is 78.4 Å². The van der Waals surface area contributed by atoms with Gasteiger partial charge in [0.05, 0.1) is 0 Å². The van der Waals surface area contributed by atoms with Crippen molar-refractivity contribution < 1.29 is 14.7 Å². The van der Waals surface area contributed by atoms with E-state index in [1.165, 1.54) is 6.92 Å². The normalized spacial score (nSPS) is 25.4. The summed E-state index contributed by atoms with van der Waals surface area (Å²) in [5, 5.41) is 14.6. The van der Waals surface area contributed by atoms with Crippen LogP contribution < -0.4 is 10.6 Å². The maximum atomic E-state index is 11.8. The van der Waals surface area contributed by atoms with Crippen LogP contribution in [0.3, 0.4) is 0 Å². The third-order valence-corrected chi connectivity index (χ3v) is 3.63. The molecule has 0 heterocycles. The summed E-state index contributed by atoms with van der Waals surface area (Å²) in [4.78, 5) is 22.5. The zero-order chi connectivity index (χ0) is 13.5. The van der Waals surface area contributed by atoms with E-state index < -0.39 is 12.0 Å². The molecule has 1 aliphatic carbocycles. The van der Waals surface area contributed by atoms with Crippen LogP contribution in [0.4, 0.5) is 0 Å². The molecule has 104 valence electrons. The Morgan fingerprint density at radius 1 is 1.28 bits per heavy atom. The summed E-state index contributed by atoms with van der Waals surface area (Å²) in [5.74, 6) is -0.438. The number of hydrogen-bond acceptors (Lipinski definition) is 3. The summed E-state index contributed by atoms with van der Waals surface area (Å²) in [6.45, 7) is 5.59. The second-order valence-electron chi connectivity index (χ2n) is 5.09. The van der Waals surface area contributed by atoms with Gasteiger partial charge >= 0.3 is 5.97 Å². The van der Waals surface area contributed by atoms with Gasteiger partial charge in [-0.1, -0.05) is 6.92 Å². The smallest absolute Gasteiger partial charge is 0.325 e. The van der Waals surface area contributed by atoms with Crippen LogP contribution in [0.25, 0.3) is 0 Å². The van der Waals surface area contributed by atoms with Crippen molar-refractivity contribution in [1.82, 2.24) is 10.6 Å². The Bertz CT molecular complexity index is 286. The van der Waals surface area contributed by atoms with E-state index in [1.807, 2.05) is 0 Å². The van der Waals surface area contributed by atoms with E-state index in [0.717, 1.165) is 38.8 Å². The highest BCUT2D eigenvalue weighted by Crippen LogP contribution is 2.28. The fraction of sp³-hybridized carbons (Fsp3) is 0.846. The van der Waals surface area contributed by atoms with Crippen molar-refractivity contribution in [2.75, 3.05) is 13.1 Å². The van der Waals surface area contributed by atoms with Crippen LogP contribution in [0.15, 0.2) is 0 Å². The van der Waals surface area contributed by atoms with Gasteiger partial charge in [-0.2, -0.15) is 0 Å². The molecule has 1 amide bonds. The standard InChI is InChI=1S/C13H24N2O3/c1-3-14-8-10-4-6-11(7-5-10)12(16)15-9(2)13(17)18/h9-11,14H,3-8H2,1-2H3,(H,15,16)(H,17,18). The molecule has 0 saturated heterocycles. The second kappa shape index (κ2) is 7.36. The van der Waals surface area contributed by atoms with Crippen molar-refractivity contribution in [2.45, 2.75) is 45.6 Å². The minimum Gasteiger partial charge on any atom is -0.480 e. The lowest BCUT2D eigenvalue weighted by Gasteiger charge is -2.28. The number of carbonyl (C=O) groups excluding carboxylic acids is 1. The lowest BCUT2D eigenvalue weighted by atomic mass is 9.81. The molecule has 1 fully saturated rings. The van der Waals surface area contributed by atoms with Crippen LogP contribution in [0.5, 0.6) is 0 Å². The summed E-state index contributed by atoms with van der Waals surface area (Å²) in [6, 6.07) is -0.794. The number of amides is 1. The lowest BCUT2D eigenvalue weighted by molar-refractivity contribution is -0.142. The zero-order valence-corrected chi connectivity index (χ0v) is 11.2. The summed E-state index contributed by atoms with van der Waals surface area (Å²) in [6.07, 6.45) is 3.83. The summed E-state index contributed by atoms with van der Waals surface area (Å²) >= 11 is 0. The monoisotopic (exact) mass is 256 g/mol. The van der Waals surface area contributed by atoms with Crippen LogP contribution in [-0.4, -0.2) is 36.1 Å². The first-order chi connectivity index (χ1) is 8.54. The second-order valence-corrected chi connectivity index (χ2v) is 5.09. The van der Waals surface area contributed by atoms with Gasteiger partial charge < -0.3 is 15.7 Å². The van der Waals surface area contributed by atoms with Gasteiger partial charge in [-0.15, -0.1) is 0 Å². The van der Waals surface area contributed by atoms with Gasteiger partial charge in [0.25, 0.3) is 0 Å². The van der Waals surface area contributed by atoms with Gasteiger partial charge in [0, 0.05) is 5.92 Å². The molecule has 0 aromatic rings. The highest BCUT2D eigenvalue weighted by molar-refractivity contribution is 5.84. The zero-order valence-electron chi connectivity index (χ0n) is 11.2. The Labute approximate surface area is 108 Å². The Kier molecular flexibility index (Phi) is 6.12. The van der Waals surface area contributed by atoms with E-state index in [4.69, 9.17) is 5.11 Å². The highest BCUT2D eigenvalue weighted by Gasteiger charge is 2.27. The number of nitrogens with one attached hydrogen (secondary N) is 2. The Hall–Kier alpha value is -1.10. The third-order valence-electron chi connectivity index (χ3n) is 3.63. The quantitative estimate of drug-likeness (QED) is 0.662. The number of carbonyl (C=O) groups is 2. The third kappa shape index (κ3) is 4.64. The predicted octanol–water partition coefficient (Wildman–Crippen LogP) is 0.992. The largest absolute Gasteiger partial charge is 0.480 e. The number of hydrogen-bond donors (Lipinski definition) is 3. The van der Waals surface area contributed by atoms with Crippen LogP contribution in [0.2, 0.25) is 0 Å². The number of aliphatic carboxylic acids is 1. The molecule has 18 heavy (non-hydrogen) atoms. The lowest BCUT2D eigenvalue weighted by Crippen LogP contribution is -2.42. The van der Waals surface area contributed by atoms with Gasteiger partial charge in [0.1, 0.15) is 6.04 Å². The minimum absolute atomic E-state index is 0.00956. The maximum absolute atomic E-state index is 11.8. The van der Waals surface area contributed by atoms with Crippen molar-refractivity contribution in [3.8, 4) is 0 Å². The molecule has 0 aliphatic heterocycles. The highest BCUT2D eigenvalue weighted by atomic mass is 16.4. The van der Waals surface area contributed by atoms with Crippen molar-refractivity contribution in [3.63, 3.8) is 0 Å². The van der Waals surface area contributed by atoms with Crippen molar-refractivity contribution in [1.29, 1.82) is 0 Å². The molecule has 0 radical (unpaired) electrons. The van der Waals surface area contributed by atoms with Gasteiger partial charge in [-0.05, 0) is 51.6 Å². The molecular weight excluding hydrogens is 232 g/mol. The molecule has 1 atom stereocenters. The van der Waals surface area contributed by atoms with E-state index >= 15 is 0 Å². The summed E-state index contributed by atoms with van der Waals surface area (Å²) in [7, 11) is 0. The number of carboxylic acid groups (broad SMARTS) is 1. The fourth-order valence-electron chi connectivity index (χ4n) is 2.37. The molecule has 0 aromatic carbocycles. The number of rotatable bonds is 6. The number of carboxylic acids is 1. The first kappa shape index (κ1) is 15.0. The van der Waals surface area contributed by atoms with E-state index in [9.17, 15) is 9.59 Å². The first-order valence-corrected chi connectivity index (χ1v) is 6.78. The fourth-order valence-corrected chi connectivity index (χ4v) is 2.37. The predicted molar refractivity (Wildman–Crippen MR) is 69.2 cm³/mol. The van der Waals surface area contributed by atoms with E-state index in [2.05, 4.69) is 17.6 Å². The van der Waals surface area contributed by atoms with Crippen LogP contribution >= 0.6 is 0 Å². The van der Waals surface area contributed by atoms with Crippen LogP contribution in [-0.2, 0) is 9.59 Å². The molecule has 0 spiro atoms. The van der Waals surface area contributed by atoms with Crippen molar-refractivity contribution in [3.05, 3.63) is 0 Å². The Morgan fingerprint density at radius 3 is 2.39 bits per heavy atom. The maximum Gasteiger partial charge on any atom is 0.325 e. The molecule has 1 rings (SSSR count). The van der Waals surface area contributed by atoms with Crippen LogP contribution in [0.1, 0.15) is 39.5 Å². The molecule has 0 bridgehead atoms. The summed E-state index contributed by atoms with van der Waals surface area (Å²) < 4.78 is 0. The molecule has 1 saturated carbocycles. The van der Waals surface area contributed by atoms with E-state index in [1.54, 1.807) is 0 Å². The minimum atomic E-state index is -0.982. The van der Waals surface area contributed by atoms with Crippen molar-refractivity contribution in [2.24, 2.45) is 11.8 Å². The van der Waals surface area contributed by atoms with Gasteiger partial charge in [-0.25, -0.2) is 0 Å².